The summed E-state index contributed by atoms with van der Waals surface area (Å²) in [4.78, 5) is 0. The van der Waals surface area contributed by atoms with E-state index in [1.165, 1.54) is 26.3 Å². The van der Waals surface area contributed by atoms with E-state index in [0.717, 1.165) is 5.92 Å². The maximum atomic E-state index is 5.35. The van der Waals surface area contributed by atoms with Gasteiger partial charge in [-0.2, -0.15) is 0 Å². The van der Waals surface area contributed by atoms with E-state index in [0.29, 0.717) is 12.2 Å². The van der Waals surface area contributed by atoms with Crippen molar-refractivity contribution in [2.45, 2.75) is 38.4 Å². The fourth-order valence-corrected chi connectivity index (χ4v) is 1.60. The molecule has 1 heterocycles. The Morgan fingerprint density at radius 3 is 2.40 bits per heavy atom. The molecule has 60 valence electrons. The molecule has 2 rings (SSSR count). The van der Waals surface area contributed by atoms with Gasteiger partial charge in [-0.25, -0.2) is 0 Å². The van der Waals surface area contributed by atoms with Gasteiger partial charge < -0.3 is 10.5 Å². The lowest BCUT2D eigenvalue weighted by Gasteiger charge is -2.11. The maximum Gasteiger partial charge on any atom is 0.0844 e. The zero-order chi connectivity index (χ0) is 7.56. The molecule has 1 saturated heterocycles. The van der Waals surface area contributed by atoms with Gasteiger partial charge in [-0.3, -0.25) is 0 Å². The second-order valence-corrected chi connectivity index (χ2v) is 3.13. The molecule has 3 unspecified atom stereocenters. The Bertz CT molecular complexity index is 105. The Balaban J connectivity index is 0.000000231. The third-order valence-electron chi connectivity index (χ3n) is 2.27. The minimum atomic E-state index is 0.679. The quantitative estimate of drug-likeness (QED) is 0.516. The van der Waals surface area contributed by atoms with Gasteiger partial charge in [0.2, 0.25) is 0 Å². The molecule has 0 aromatic rings. The number of ether oxygens (including phenoxy) is 1. The zero-order valence-electron chi connectivity index (χ0n) is 6.84. The van der Waals surface area contributed by atoms with Crippen LogP contribution in [0.3, 0.4) is 0 Å². The molecule has 0 bridgehead atoms. The minimum Gasteiger partial charge on any atom is -0.370 e. The van der Waals surface area contributed by atoms with Gasteiger partial charge in [0.25, 0.3) is 0 Å². The maximum absolute atomic E-state index is 5.35. The van der Waals surface area contributed by atoms with Crippen LogP contribution in [0.5, 0.6) is 0 Å². The molecular formula is C8H17NO. The molecule has 0 aromatic heterocycles. The lowest BCUT2D eigenvalue weighted by atomic mass is 9.91. The van der Waals surface area contributed by atoms with E-state index in [4.69, 9.17) is 4.74 Å². The van der Waals surface area contributed by atoms with E-state index in [1.807, 2.05) is 0 Å². The summed E-state index contributed by atoms with van der Waals surface area (Å²) < 4.78 is 5.35. The topological polar surface area (TPSA) is 38.5 Å². The first-order valence-electron chi connectivity index (χ1n) is 4.09. The molecule has 0 spiro atoms. The fraction of sp³-hybridized carbons (Fsp3) is 1.00. The zero-order valence-corrected chi connectivity index (χ0v) is 6.84. The number of hydrogen-bond acceptors (Lipinski definition) is 2. The van der Waals surface area contributed by atoms with Crippen LogP contribution < -0.4 is 5.73 Å². The van der Waals surface area contributed by atoms with Crippen molar-refractivity contribution in [2.75, 3.05) is 7.05 Å². The van der Waals surface area contributed by atoms with Gasteiger partial charge in [0.1, 0.15) is 0 Å². The number of rotatable bonds is 0. The van der Waals surface area contributed by atoms with Crippen molar-refractivity contribution in [3.05, 3.63) is 0 Å². The first-order chi connectivity index (χ1) is 4.86. The minimum absolute atomic E-state index is 0.679. The summed E-state index contributed by atoms with van der Waals surface area (Å²) in [6, 6.07) is 0. The van der Waals surface area contributed by atoms with Crippen molar-refractivity contribution in [2.24, 2.45) is 11.7 Å². The Hall–Kier alpha value is -0.0800. The van der Waals surface area contributed by atoms with Crippen molar-refractivity contribution >= 4 is 0 Å². The van der Waals surface area contributed by atoms with Crippen molar-refractivity contribution in [3.63, 3.8) is 0 Å². The van der Waals surface area contributed by atoms with Crippen LogP contribution in [0.2, 0.25) is 0 Å². The average molecular weight is 143 g/mol. The van der Waals surface area contributed by atoms with Crippen LogP contribution >= 0.6 is 0 Å². The Kier molecular flexibility index (Phi) is 2.69. The molecule has 2 heteroatoms. The lowest BCUT2D eigenvalue weighted by Crippen LogP contribution is -2.09. The molecule has 2 nitrogen and oxygen atoms in total. The molecule has 3 atom stereocenters. The summed E-state index contributed by atoms with van der Waals surface area (Å²) in [6.07, 6.45) is 5.41. The standard InChI is InChI=1S/C7H12O.CH5N/c1-5-2-3-6-7(4-5)8-6;1-2/h5-7H,2-4H2,1H3;2H2,1H3. The summed E-state index contributed by atoms with van der Waals surface area (Å²) in [5, 5.41) is 0. The fourth-order valence-electron chi connectivity index (χ4n) is 1.60. The van der Waals surface area contributed by atoms with Crippen molar-refractivity contribution in [1.29, 1.82) is 0 Å². The van der Waals surface area contributed by atoms with Gasteiger partial charge in [-0.15, -0.1) is 0 Å². The molecule has 0 radical (unpaired) electrons. The Labute approximate surface area is 62.7 Å². The van der Waals surface area contributed by atoms with E-state index < -0.39 is 0 Å². The Morgan fingerprint density at radius 2 is 1.90 bits per heavy atom. The van der Waals surface area contributed by atoms with Gasteiger partial charge in [0, 0.05) is 0 Å². The summed E-state index contributed by atoms with van der Waals surface area (Å²) in [5.74, 6) is 0.929. The summed E-state index contributed by atoms with van der Waals surface area (Å²) >= 11 is 0. The van der Waals surface area contributed by atoms with E-state index in [-0.39, 0.29) is 0 Å². The highest BCUT2D eigenvalue weighted by molar-refractivity contribution is 4.90. The first kappa shape index (κ1) is 8.02. The molecule has 2 aliphatic rings. The normalized spacial score (nSPS) is 42.9. The molecule has 10 heavy (non-hydrogen) atoms. The molecule has 1 saturated carbocycles. The van der Waals surface area contributed by atoms with Crippen molar-refractivity contribution in [1.82, 2.24) is 0 Å². The Morgan fingerprint density at radius 1 is 1.20 bits per heavy atom. The van der Waals surface area contributed by atoms with Gasteiger partial charge >= 0.3 is 0 Å². The van der Waals surface area contributed by atoms with Crippen LogP contribution in [0.25, 0.3) is 0 Å². The molecular weight excluding hydrogens is 126 g/mol. The predicted octanol–water partition coefficient (Wildman–Crippen LogP) is 1.15. The largest absolute Gasteiger partial charge is 0.370 e. The van der Waals surface area contributed by atoms with Crippen molar-refractivity contribution < 1.29 is 4.74 Å². The smallest absolute Gasteiger partial charge is 0.0844 e. The van der Waals surface area contributed by atoms with Crippen LogP contribution in [0, 0.1) is 5.92 Å². The number of nitrogens with two attached hydrogens (primary N) is 1. The van der Waals surface area contributed by atoms with Gasteiger partial charge in [0.15, 0.2) is 0 Å². The summed E-state index contributed by atoms with van der Waals surface area (Å²) in [7, 11) is 1.50. The second kappa shape index (κ2) is 3.35. The van der Waals surface area contributed by atoms with Crippen LogP contribution in [-0.4, -0.2) is 19.3 Å². The molecule has 0 aromatic carbocycles. The first-order valence-corrected chi connectivity index (χ1v) is 4.09. The molecule has 0 amide bonds. The number of fused-ring (bicyclic) bond motifs is 1. The number of hydrogen-bond donors (Lipinski definition) is 1. The van der Waals surface area contributed by atoms with Crippen LogP contribution in [0.15, 0.2) is 0 Å². The SMILES string of the molecule is CC1CCC2OC2C1.CN. The molecule has 1 aliphatic heterocycles. The monoisotopic (exact) mass is 143 g/mol. The second-order valence-electron chi connectivity index (χ2n) is 3.13. The van der Waals surface area contributed by atoms with E-state index in [2.05, 4.69) is 12.7 Å². The molecule has 2 fully saturated rings. The summed E-state index contributed by atoms with van der Waals surface area (Å²) in [6.45, 7) is 2.32. The highest BCUT2D eigenvalue weighted by Gasteiger charge is 2.42. The summed E-state index contributed by atoms with van der Waals surface area (Å²) in [5.41, 5.74) is 4.50. The van der Waals surface area contributed by atoms with Gasteiger partial charge in [-0.05, 0) is 32.2 Å². The van der Waals surface area contributed by atoms with Crippen molar-refractivity contribution in [3.8, 4) is 0 Å². The highest BCUT2D eigenvalue weighted by atomic mass is 16.6. The molecule has 2 N–H and O–H groups in total. The van der Waals surface area contributed by atoms with Crippen LogP contribution in [-0.2, 0) is 4.74 Å². The lowest BCUT2D eigenvalue weighted by molar-refractivity contribution is 0.367. The van der Waals surface area contributed by atoms with E-state index >= 15 is 0 Å². The third-order valence-corrected chi connectivity index (χ3v) is 2.27. The van der Waals surface area contributed by atoms with Gasteiger partial charge in [-0.1, -0.05) is 6.92 Å². The van der Waals surface area contributed by atoms with Crippen LogP contribution in [0.1, 0.15) is 26.2 Å². The highest BCUT2D eigenvalue weighted by Crippen LogP contribution is 2.38. The van der Waals surface area contributed by atoms with Gasteiger partial charge in [0.05, 0.1) is 12.2 Å². The van der Waals surface area contributed by atoms with Crippen LogP contribution in [0.4, 0.5) is 0 Å². The van der Waals surface area contributed by atoms with E-state index in [1.54, 1.807) is 0 Å². The predicted molar refractivity (Wildman–Crippen MR) is 41.8 cm³/mol. The van der Waals surface area contributed by atoms with E-state index in [9.17, 15) is 0 Å². The molecule has 1 aliphatic carbocycles. The third kappa shape index (κ3) is 1.70. The number of epoxide rings is 1. The average Bonchev–Trinajstić information content (AvgIpc) is 2.70.